The quantitative estimate of drug-likeness (QED) is 0.672. The molecular formula is C13H6F2N4. The van der Waals surface area contributed by atoms with Crippen LogP contribution >= 0.6 is 0 Å². The number of halogens is 2. The number of nitriles is 1. The third-order valence-corrected chi connectivity index (χ3v) is 2.71. The summed E-state index contributed by atoms with van der Waals surface area (Å²) in [5, 5.41) is 16.2. The van der Waals surface area contributed by atoms with E-state index in [2.05, 4.69) is 10.3 Å². The Bertz CT molecular complexity index is 794. The van der Waals surface area contributed by atoms with Gasteiger partial charge in [-0.1, -0.05) is 17.3 Å². The molecule has 1 aromatic heterocycles. The van der Waals surface area contributed by atoms with Gasteiger partial charge >= 0.3 is 0 Å². The number of nitrogens with zero attached hydrogens (tertiary/aromatic N) is 4. The van der Waals surface area contributed by atoms with E-state index < -0.39 is 11.6 Å². The summed E-state index contributed by atoms with van der Waals surface area (Å²) in [7, 11) is 0. The molecule has 0 saturated heterocycles. The highest BCUT2D eigenvalue weighted by atomic mass is 19.1. The van der Waals surface area contributed by atoms with Gasteiger partial charge in [-0.3, -0.25) is 0 Å². The Kier molecular flexibility index (Phi) is 2.46. The minimum atomic E-state index is -0.854. The summed E-state index contributed by atoms with van der Waals surface area (Å²) in [5.41, 5.74) is 0.603. The highest BCUT2D eigenvalue weighted by Crippen LogP contribution is 2.22. The third-order valence-electron chi connectivity index (χ3n) is 2.71. The van der Waals surface area contributed by atoms with Crippen molar-refractivity contribution in [2.75, 3.05) is 0 Å². The maximum Gasteiger partial charge on any atom is 0.153 e. The van der Waals surface area contributed by atoms with E-state index in [4.69, 9.17) is 5.26 Å². The molecule has 1 heterocycles. The molecule has 4 nitrogen and oxygen atoms in total. The van der Waals surface area contributed by atoms with Crippen molar-refractivity contribution in [3.63, 3.8) is 0 Å². The van der Waals surface area contributed by atoms with Gasteiger partial charge in [-0.25, -0.2) is 13.5 Å². The monoisotopic (exact) mass is 256 g/mol. The smallest absolute Gasteiger partial charge is 0.153 e. The Balaban J connectivity index is 2.31. The summed E-state index contributed by atoms with van der Waals surface area (Å²) in [5.74, 6) is -1.71. The second-order valence-corrected chi connectivity index (χ2v) is 3.89. The van der Waals surface area contributed by atoms with Gasteiger partial charge in [0.15, 0.2) is 11.6 Å². The number of fused-ring (bicyclic) bond motifs is 1. The Morgan fingerprint density at radius 2 is 1.79 bits per heavy atom. The number of aromatic nitrogens is 3. The van der Waals surface area contributed by atoms with Crippen molar-refractivity contribution in [2.24, 2.45) is 0 Å². The second-order valence-electron chi connectivity index (χ2n) is 3.89. The van der Waals surface area contributed by atoms with E-state index in [1.54, 1.807) is 30.3 Å². The van der Waals surface area contributed by atoms with Gasteiger partial charge in [0.1, 0.15) is 11.2 Å². The summed E-state index contributed by atoms with van der Waals surface area (Å²) in [6, 6.07) is 10.5. The Morgan fingerprint density at radius 1 is 1.11 bits per heavy atom. The van der Waals surface area contributed by atoms with Crippen molar-refractivity contribution in [3.8, 4) is 11.8 Å². The number of benzene rings is 2. The van der Waals surface area contributed by atoms with Gasteiger partial charge in [-0.2, -0.15) is 5.26 Å². The normalized spacial score (nSPS) is 10.6. The molecule has 0 saturated carbocycles. The summed E-state index contributed by atoms with van der Waals surface area (Å²) >= 11 is 0. The predicted octanol–water partition coefficient (Wildman–Crippen LogP) is 2.57. The first-order valence-electron chi connectivity index (χ1n) is 5.40. The lowest BCUT2D eigenvalue weighted by molar-refractivity contribution is 0.558. The van der Waals surface area contributed by atoms with Crippen LogP contribution in [0.15, 0.2) is 36.4 Å². The number of rotatable bonds is 1. The first-order valence-corrected chi connectivity index (χ1v) is 5.40. The van der Waals surface area contributed by atoms with E-state index in [0.29, 0.717) is 11.0 Å². The number of hydrogen-bond donors (Lipinski definition) is 0. The molecule has 0 aliphatic carbocycles. The lowest BCUT2D eigenvalue weighted by Gasteiger charge is -2.05. The molecule has 19 heavy (non-hydrogen) atoms. The molecule has 0 N–H and O–H groups in total. The van der Waals surface area contributed by atoms with Crippen molar-refractivity contribution >= 4 is 11.0 Å². The van der Waals surface area contributed by atoms with Crippen molar-refractivity contribution in [1.29, 1.82) is 5.26 Å². The summed E-state index contributed by atoms with van der Waals surface area (Å²) in [6.45, 7) is 0. The minimum absolute atomic E-state index is 0.0804. The highest BCUT2D eigenvalue weighted by Gasteiger charge is 2.16. The van der Waals surface area contributed by atoms with Gasteiger partial charge in [0, 0.05) is 0 Å². The summed E-state index contributed by atoms with van der Waals surface area (Å²) < 4.78 is 28.9. The molecular weight excluding hydrogens is 250 g/mol. The predicted molar refractivity (Wildman–Crippen MR) is 63.5 cm³/mol. The SMILES string of the molecule is N#Cc1cc(F)c(-n2nnc3ccccc32)c(F)c1. The molecule has 2 aromatic carbocycles. The largest absolute Gasteiger partial charge is 0.207 e. The van der Waals surface area contributed by atoms with Crippen molar-refractivity contribution in [3.05, 3.63) is 53.6 Å². The van der Waals surface area contributed by atoms with Crippen LogP contribution in [-0.2, 0) is 0 Å². The van der Waals surface area contributed by atoms with Crippen LogP contribution in [-0.4, -0.2) is 15.0 Å². The average Bonchev–Trinajstić information content (AvgIpc) is 2.82. The van der Waals surface area contributed by atoms with E-state index in [1.165, 1.54) is 0 Å². The van der Waals surface area contributed by atoms with E-state index in [1.807, 2.05) is 0 Å². The van der Waals surface area contributed by atoms with Gasteiger partial charge in [0.2, 0.25) is 0 Å². The van der Waals surface area contributed by atoms with Crippen LogP contribution in [0, 0.1) is 23.0 Å². The van der Waals surface area contributed by atoms with Crippen LogP contribution in [0.3, 0.4) is 0 Å². The topological polar surface area (TPSA) is 54.5 Å². The zero-order valence-corrected chi connectivity index (χ0v) is 9.51. The second kappa shape index (κ2) is 4.14. The molecule has 0 radical (unpaired) electrons. The fourth-order valence-corrected chi connectivity index (χ4v) is 1.87. The first kappa shape index (κ1) is 11.3. The van der Waals surface area contributed by atoms with Gasteiger partial charge < -0.3 is 0 Å². The number of hydrogen-bond acceptors (Lipinski definition) is 3. The van der Waals surface area contributed by atoms with Crippen LogP contribution in [0.2, 0.25) is 0 Å². The third kappa shape index (κ3) is 1.72. The van der Waals surface area contributed by atoms with E-state index in [9.17, 15) is 8.78 Å². The van der Waals surface area contributed by atoms with Crippen LogP contribution < -0.4 is 0 Å². The maximum atomic E-state index is 13.9. The fraction of sp³-hybridized carbons (Fsp3) is 0. The van der Waals surface area contributed by atoms with Gasteiger partial charge in [0.05, 0.1) is 17.1 Å². The molecule has 3 aromatic rings. The molecule has 0 atom stereocenters. The fourth-order valence-electron chi connectivity index (χ4n) is 1.87. The lowest BCUT2D eigenvalue weighted by atomic mass is 10.2. The summed E-state index contributed by atoms with van der Waals surface area (Å²) in [6.07, 6.45) is 0. The van der Waals surface area contributed by atoms with Crippen LogP contribution in [0.5, 0.6) is 0 Å². The summed E-state index contributed by atoms with van der Waals surface area (Å²) in [4.78, 5) is 0. The molecule has 0 aliphatic rings. The molecule has 0 bridgehead atoms. The van der Waals surface area contributed by atoms with Gasteiger partial charge in [-0.15, -0.1) is 5.10 Å². The van der Waals surface area contributed by atoms with Gasteiger partial charge in [0.25, 0.3) is 0 Å². The van der Waals surface area contributed by atoms with E-state index in [0.717, 1.165) is 16.8 Å². The number of para-hydroxylation sites is 1. The molecule has 0 spiro atoms. The van der Waals surface area contributed by atoms with Crippen molar-refractivity contribution in [1.82, 2.24) is 15.0 Å². The molecule has 0 fully saturated rings. The molecule has 0 aliphatic heterocycles. The average molecular weight is 256 g/mol. The van der Waals surface area contributed by atoms with Crippen LogP contribution in [0.25, 0.3) is 16.7 Å². The zero-order valence-electron chi connectivity index (χ0n) is 9.51. The molecule has 6 heteroatoms. The van der Waals surface area contributed by atoms with Crippen molar-refractivity contribution in [2.45, 2.75) is 0 Å². The Labute approximate surface area is 106 Å². The minimum Gasteiger partial charge on any atom is -0.207 e. The molecule has 92 valence electrons. The van der Waals surface area contributed by atoms with Crippen molar-refractivity contribution < 1.29 is 8.78 Å². The zero-order chi connectivity index (χ0) is 13.4. The Hall–Kier alpha value is -2.81. The van der Waals surface area contributed by atoms with Gasteiger partial charge in [-0.05, 0) is 24.3 Å². The lowest BCUT2D eigenvalue weighted by Crippen LogP contribution is -2.04. The van der Waals surface area contributed by atoms with E-state index >= 15 is 0 Å². The molecule has 0 unspecified atom stereocenters. The standard InChI is InChI=1S/C13H6F2N4/c14-9-5-8(7-16)6-10(15)13(9)19-12-4-2-1-3-11(12)17-18-19/h1-6H. The molecule has 3 rings (SSSR count). The highest BCUT2D eigenvalue weighted by molar-refractivity contribution is 5.76. The Morgan fingerprint density at radius 3 is 2.47 bits per heavy atom. The first-order chi connectivity index (χ1) is 9.20. The van der Waals surface area contributed by atoms with Crippen LogP contribution in [0.1, 0.15) is 5.56 Å². The maximum absolute atomic E-state index is 13.9. The van der Waals surface area contributed by atoms with Crippen LogP contribution in [0.4, 0.5) is 8.78 Å². The molecule has 0 amide bonds. The van der Waals surface area contributed by atoms with E-state index in [-0.39, 0.29) is 11.3 Å².